The van der Waals surface area contributed by atoms with Crippen molar-refractivity contribution in [3.63, 3.8) is 0 Å². The Hall–Kier alpha value is -0.950. The summed E-state index contributed by atoms with van der Waals surface area (Å²) >= 11 is 0. The van der Waals surface area contributed by atoms with E-state index in [0.717, 1.165) is 5.57 Å². The molecule has 0 aliphatic heterocycles. The Balaban J connectivity index is 0. The SMILES string of the molecule is C=CC(=C)C.CC(C)(C)c1cc[cH-]c1.CC(C)(C)c1cc[cH-]c1.[Hf]. The van der Waals surface area contributed by atoms with Crippen molar-refractivity contribution in [1.82, 2.24) is 0 Å². The van der Waals surface area contributed by atoms with Crippen LogP contribution >= 0.6 is 0 Å². The van der Waals surface area contributed by atoms with Gasteiger partial charge in [-0.05, 0) is 6.92 Å². The van der Waals surface area contributed by atoms with Gasteiger partial charge in [-0.1, -0.05) is 77.2 Å². The molecule has 0 nitrogen and oxygen atoms in total. The number of hydrogen-bond acceptors (Lipinski definition) is 0. The summed E-state index contributed by atoms with van der Waals surface area (Å²) in [7, 11) is 0. The van der Waals surface area contributed by atoms with Gasteiger partial charge in [0.15, 0.2) is 0 Å². The van der Waals surface area contributed by atoms with Crippen LogP contribution in [0.3, 0.4) is 0 Å². The maximum Gasteiger partial charge on any atom is 0 e. The van der Waals surface area contributed by atoms with Crippen LogP contribution in [0.2, 0.25) is 0 Å². The maximum atomic E-state index is 3.56. The normalized spacial score (nSPS) is 10.3. The Bertz CT molecular complexity index is 496. The van der Waals surface area contributed by atoms with Crippen LogP contribution in [0, 0.1) is 0 Å². The van der Waals surface area contributed by atoms with Gasteiger partial charge in [0.25, 0.3) is 0 Å². The number of allylic oxidation sites excluding steroid dienone is 2. The molecule has 0 heterocycles. The van der Waals surface area contributed by atoms with Gasteiger partial charge in [0.05, 0.1) is 0 Å². The Morgan fingerprint density at radius 2 is 1.17 bits per heavy atom. The van der Waals surface area contributed by atoms with E-state index in [2.05, 4.69) is 103 Å². The molecule has 0 amide bonds. The zero-order valence-electron chi connectivity index (χ0n) is 16.6. The monoisotopic (exact) mass is 490 g/mol. The van der Waals surface area contributed by atoms with Gasteiger partial charge in [-0.3, -0.25) is 0 Å². The number of rotatable bonds is 1. The van der Waals surface area contributed by atoms with E-state index >= 15 is 0 Å². The van der Waals surface area contributed by atoms with E-state index in [4.69, 9.17) is 0 Å². The molecule has 0 spiro atoms. The molecule has 0 aliphatic rings. The molecule has 2 aromatic carbocycles. The van der Waals surface area contributed by atoms with Crippen molar-refractivity contribution in [1.29, 1.82) is 0 Å². The minimum atomic E-state index is 0. The number of hydrogen-bond donors (Lipinski definition) is 0. The van der Waals surface area contributed by atoms with Crippen molar-refractivity contribution >= 4 is 0 Å². The van der Waals surface area contributed by atoms with Crippen molar-refractivity contribution in [3.8, 4) is 0 Å². The average molecular weight is 489 g/mol. The second kappa shape index (κ2) is 11.6. The minimum Gasteiger partial charge on any atom is -0.210 e. The molecule has 0 unspecified atom stereocenters. The fourth-order valence-electron chi connectivity index (χ4n) is 1.75. The first-order valence-corrected chi connectivity index (χ1v) is 8.21. The van der Waals surface area contributed by atoms with E-state index < -0.39 is 0 Å². The maximum absolute atomic E-state index is 3.56. The first-order valence-electron chi connectivity index (χ1n) is 8.21. The molecule has 1 heteroatoms. The molecular formula is C23H34Hf-2. The summed E-state index contributed by atoms with van der Waals surface area (Å²) in [5.41, 5.74) is 4.50. The van der Waals surface area contributed by atoms with Crippen LogP contribution in [0.5, 0.6) is 0 Å². The van der Waals surface area contributed by atoms with Gasteiger partial charge in [-0.25, -0.2) is 12.1 Å². The molecule has 2 aromatic rings. The van der Waals surface area contributed by atoms with Gasteiger partial charge in [0.2, 0.25) is 0 Å². The van der Waals surface area contributed by atoms with Crippen LogP contribution in [0.4, 0.5) is 0 Å². The van der Waals surface area contributed by atoms with Crippen molar-refractivity contribution in [2.75, 3.05) is 0 Å². The molecule has 0 aliphatic carbocycles. The molecule has 0 N–H and O–H groups in total. The third kappa shape index (κ3) is 11.6. The fraction of sp³-hybridized carbons (Fsp3) is 0.391. The van der Waals surface area contributed by atoms with Gasteiger partial charge in [0.1, 0.15) is 0 Å². The molecule has 0 bridgehead atoms. The summed E-state index contributed by atoms with van der Waals surface area (Å²) in [6, 6.07) is 17.0. The van der Waals surface area contributed by atoms with Gasteiger partial charge < -0.3 is 0 Å². The van der Waals surface area contributed by atoms with Crippen molar-refractivity contribution in [2.45, 2.75) is 59.3 Å². The first kappa shape index (κ1) is 25.3. The molecule has 0 atom stereocenters. The summed E-state index contributed by atoms with van der Waals surface area (Å²) < 4.78 is 0. The molecule has 0 aromatic heterocycles. The second-order valence-electron chi connectivity index (χ2n) is 7.90. The quantitative estimate of drug-likeness (QED) is 0.227. The van der Waals surface area contributed by atoms with Gasteiger partial charge in [0, 0.05) is 25.8 Å². The summed E-state index contributed by atoms with van der Waals surface area (Å²) in [6.45, 7) is 22.3. The third-order valence-corrected chi connectivity index (χ3v) is 3.41. The van der Waals surface area contributed by atoms with Crippen molar-refractivity contribution in [3.05, 3.63) is 84.5 Å². The van der Waals surface area contributed by atoms with Crippen molar-refractivity contribution in [2.24, 2.45) is 0 Å². The van der Waals surface area contributed by atoms with Gasteiger partial charge in [-0.2, -0.15) is 47.5 Å². The van der Waals surface area contributed by atoms with E-state index in [0.29, 0.717) is 10.8 Å². The Morgan fingerprint density at radius 1 is 0.875 bits per heavy atom. The van der Waals surface area contributed by atoms with Crippen molar-refractivity contribution < 1.29 is 25.8 Å². The Labute approximate surface area is 169 Å². The van der Waals surface area contributed by atoms with Crippen LogP contribution < -0.4 is 0 Å². The molecule has 0 saturated heterocycles. The molecule has 0 fully saturated rings. The molecule has 2 rings (SSSR count). The second-order valence-corrected chi connectivity index (χ2v) is 7.90. The standard InChI is InChI=1S/2C9H13.C5H8.Hf/c2*1-9(2,3)8-6-4-5-7-8;1-4-5(2)3;/h2*4-7H,1-3H3;4H,1-2H2,3H3;/q2*-1;;. The van der Waals surface area contributed by atoms with Crippen LogP contribution in [-0.2, 0) is 36.7 Å². The molecule has 24 heavy (non-hydrogen) atoms. The Morgan fingerprint density at radius 3 is 1.25 bits per heavy atom. The zero-order chi connectivity index (χ0) is 18.1. The average Bonchev–Trinajstić information content (AvgIpc) is 3.11. The topological polar surface area (TPSA) is 0 Å². The van der Waals surface area contributed by atoms with Gasteiger partial charge >= 0.3 is 0 Å². The van der Waals surface area contributed by atoms with Crippen LogP contribution in [0.1, 0.15) is 59.6 Å². The third-order valence-electron chi connectivity index (χ3n) is 3.41. The minimum absolute atomic E-state index is 0. The van der Waals surface area contributed by atoms with E-state index in [1.807, 2.05) is 6.92 Å². The predicted molar refractivity (Wildman–Crippen MR) is 106 cm³/mol. The molecule has 0 saturated carbocycles. The van der Waals surface area contributed by atoms with E-state index in [9.17, 15) is 0 Å². The summed E-state index contributed by atoms with van der Waals surface area (Å²) in [4.78, 5) is 0. The van der Waals surface area contributed by atoms with E-state index in [-0.39, 0.29) is 25.8 Å². The molecular weight excluding hydrogens is 455 g/mol. The van der Waals surface area contributed by atoms with E-state index in [1.54, 1.807) is 6.08 Å². The zero-order valence-corrected chi connectivity index (χ0v) is 20.2. The summed E-state index contributed by atoms with van der Waals surface area (Å²) in [6.07, 6.45) is 1.72. The molecule has 132 valence electrons. The predicted octanol–water partition coefficient (Wildman–Crippen LogP) is 7.15. The largest absolute Gasteiger partial charge is 0.210 e. The smallest absolute Gasteiger partial charge is 0 e. The summed E-state index contributed by atoms with van der Waals surface area (Å²) in [5, 5.41) is 0. The van der Waals surface area contributed by atoms with Crippen LogP contribution in [0.15, 0.2) is 73.3 Å². The Kier molecular flexibility index (Phi) is 12.2. The summed E-state index contributed by atoms with van der Waals surface area (Å²) in [5.74, 6) is 0. The molecule has 0 radical (unpaired) electrons. The van der Waals surface area contributed by atoms with E-state index in [1.165, 1.54) is 11.1 Å². The fourth-order valence-corrected chi connectivity index (χ4v) is 1.75. The van der Waals surface area contributed by atoms with Crippen LogP contribution in [-0.4, -0.2) is 0 Å². The van der Waals surface area contributed by atoms with Gasteiger partial charge in [-0.15, -0.1) is 0 Å². The van der Waals surface area contributed by atoms with Crippen LogP contribution in [0.25, 0.3) is 0 Å². The first-order chi connectivity index (χ1) is 10.5.